The lowest BCUT2D eigenvalue weighted by Gasteiger charge is -2.22. The number of aryl methyl sites for hydroxylation is 1. The van der Waals surface area contributed by atoms with Crippen LogP contribution in [0.15, 0.2) is 138 Å². The number of carbonyl (C=O) groups excluding carboxylic acids is 1. The molecule has 0 bridgehead atoms. The normalized spacial score (nSPS) is 12.3. The SMILES string of the molecule is Cc1ccc(S(=O)(=O)N[C@@H](Cc2ccccc2)C(=O)N[C@@H](Cc2ccc(C#Cc3ccc(-c4ccccc4)cc3)cc2)C(=O)O)cc1. The zero-order valence-corrected chi connectivity index (χ0v) is 26.6. The first-order valence-corrected chi connectivity index (χ1v) is 16.6. The van der Waals surface area contributed by atoms with E-state index in [4.69, 9.17) is 0 Å². The molecule has 47 heavy (non-hydrogen) atoms. The van der Waals surface area contributed by atoms with Gasteiger partial charge in [0.05, 0.1) is 4.90 Å². The minimum absolute atomic E-state index is 0.00149. The molecule has 5 aromatic rings. The number of benzene rings is 5. The Morgan fingerprint density at radius 2 is 1.13 bits per heavy atom. The van der Waals surface area contributed by atoms with Crippen LogP contribution in [-0.2, 0) is 32.5 Å². The molecule has 0 heterocycles. The quantitative estimate of drug-likeness (QED) is 0.159. The van der Waals surface area contributed by atoms with Crippen LogP contribution in [0.5, 0.6) is 0 Å². The average Bonchev–Trinajstić information content (AvgIpc) is 3.08. The van der Waals surface area contributed by atoms with E-state index in [9.17, 15) is 23.1 Å². The minimum Gasteiger partial charge on any atom is -0.480 e. The van der Waals surface area contributed by atoms with Gasteiger partial charge in [-0.05, 0) is 72.0 Å². The summed E-state index contributed by atoms with van der Waals surface area (Å²) in [6, 6.07) is 37.9. The summed E-state index contributed by atoms with van der Waals surface area (Å²) in [5.74, 6) is 4.31. The van der Waals surface area contributed by atoms with E-state index < -0.39 is 34.0 Å². The molecule has 0 saturated carbocycles. The molecule has 0 aromatic heterocycles. The lowest BCUT2D eigenvalue weighted by Crippen LogP contribution is -2.53. The molecule has 0 radical (unpaired) electrons. The van der Waals surface area contributed by atoms with Crippen LogP contribution in [0, 0.1) is 18.8 Å². The Morgan fingerprint density at radius 1 is 0.638 bits per heavy atom. The minimum atomic E-state index is -4.07. The first-order chi connectivity index (χ1) is 22.7. The molecule has 3 N–H and O–H groups in total. The van der Waals surface area contributed by atoms with Crippen molar-refractivity contribution >= 4 is 21.9 Å². The zero-order valence-electron chi connectivity index (χ0n) is 25.8. The molecule has 0 aliphatic heterocycles. The lowest BCUT2D eigenvalue weighted by molar-refractivity contribution is -0.142. The fraction of sp³-hybridized carbons (Fsp3) is 0.128. The molecule has 0 fully saturated rings. The van der Waals surface area contributed by atoms with Crippen LogP contribution in [0.25, 0.3) is 11.1 Å². The summed E-state index contributed by atoms with van der Waals surface area (Å²) in [4.78, 5) is 25.7. The average molecular weight is 643 g/mol. The van der Waals surface area contributed by atoms with Crippen LogP contribution < -0.4 is 10.0 Å². The van der Waals surface area contributed by atoms with E-state index in [0.29, 0.717) is 5.56 Å². The van der Waals surface area contributed by atoms with E-state index in [0.717, 1.165) is 33.4 Å². The third kappa shape index (κ3) is 9.27. The number of carboxylic acid groups (broad SMARTS) is 1. The van der Waals surface area contributed by atoms with E-state index in [1.807, 2.05) is 55.5 Å². The van der Waals surface area contributed by atoms with Crippen LogP contribution in [0.4, 0.5) is 0 Å². The van der Waals surface area contributed by atoms with E-state index in [-0.39, 0.29) is 17.7 Å². The highest BCUT2D eigenvalue weighted by atomic mass is 32.2. The summed E-state index contributed by atoms with van der Waals surface area (Å²) in [5.41, 5.74) is 6.14. The number of rotatable bonds is 11. The van der Waals surface area contributed by atoms with Gasteiger partial charge in [-0.3, -0.25) is 4.79 Å². The summed E-state index contributed by atoms with van der Waals surface area (Å²) in [7, 11) is -4.07. The maximum Gasteiger partial charge on any atom is 0.326 e. The van der Waals surface area contributed by atoms with Crippen molar-refractivity contribution in [3.05, 3.63) is 161 Å². The molecule has 0 aliphatic rings. The zero-order chi connectivity index (χ0) is 33.2. The smallest absolute Gasteiger partial charge is 0.326 e. The highest BCUT2D eigenvalue weighted by molar-refractivity contribution is 7.89. The number of amides is 1. The highest BCUT2D eigenvalue weighted by Gasteiger charge is 2.29. The molecule has 7 nitrogen and oxygen atoms in total. The summed E-state index contributed by atoms with van der Waals surface area (Å²) in [5, 5.41) is 12.5. The van der Waals surface area contributed by atoms with Gasteiger partial charge in [-0.2, -0.15) is 4.72 Å². The summed E-state index contributed by atoms with van der Waals surface area (Å²) < 4.78 is 28.9. The molecule has 0 spiro atoms. The molecular formula is C39H34N2O5S. The van der Waals surface area contributed by atoms with Crippen molar-refractivity contribution in [1.82, 2.24) is 10.0 Å². The van der Waals surface area contributed by atoms with Crippen molar-refractivity contribution in [2.45, 2.75) is 36.7 Å². The maximum absolute atomic E-state index is 13.5. The number of carboxylic acids is 1. The fourth-order valence-electron chi connectivity index (χ4n) is 4.96. The van der Waals surface area contributed by atoms with Crippen LogP contribution in [0.3, 0.4) is 0 Å². The van der Waals surface area contributed by atoms with Gasteiger partial charge in [-0.1, -0.05) is 114 Å². The standard InChI is InChI=1S/C39H34N2O5S/c1-28-12-24-35(25-13-28)47(45,46)41-36(26-31-8-4-2-5-9-31)38(42)40-37(39(43)44)27-32-18-16-29(17-19-32)14-15-30-20-22-34(23-21-30)33-10-6-3-7-11-33/h2-13,16-25,36-37,41H,26-27H2,1H3,(H,40,42)(H,43,44)/t36-,37-/m0/s1. The van der Waals surface area contributed by atoms with Gasteiger partial charge >= 0.3 is 5.97 Å². The number of sulfonamides is 1. The molecular weight excluding hydrogens is 609 g/mol. The van der Waals surface area contributed by atoms with Crippen molar-refractivity contribution in [2.24, 2.45) is 0 Å². The first kappa shape index (κ1) is 32.9. The van der Waals surface area contributed by atoms with E-state index in [1.165, 1.54) is 12.1 Å². The Bertz CT molecular complexity index is 1980. The molecule has 0 saturated heterocycles. The predicted octanol–water partition coefficient (Wildman–Crippen LogP) is 5.76. The van der Waals surface area contributed by atoms with Gasteiger partial charge < -0.3 is 10.4 Å². The second-order valence-electron chi connectivity index (χ2n) is 11.2. The van der Waals surface area contributed by atoms with Crippen LogP contribution in [-0.4, -0.2) is 37.5 Å². The number of carbonyl (C=O) groups is 2. The molecule has 5 aromatic carbocycles. The third-order valence-electron chi connectivity index (χ3n) is 7.58. The number of nitrogens with one attached hydrogen (secondary N) is 2. The van der Waals surface area contributed by atoms with Gasteiger partial charge in [0.2, 0.25) is 15.9 Å². The number of hydrogen-bond acceptors (Lipinski definition) is 4. The monoisotopic (exact) mass is 642 g/mol. The topological polar surface area (TPSA) is 113 Å². The predicted molar refractivity (Wildman–Crippen MR) is 183 cm³/mol. The van der Waals surface area contributed by atoms with E-state index >= 15 is 0 Å². The Labute approximate surface area is 275 Å². The molecule has 0 aliphatic carbocycles. The summed E-state index contributed by atoms with van der Waals surface area (Å²) in [6.45, 7) is 1.84. The Hall–Kier alpha value is -5.49. The molecule has 1 amide bonds. The van der Waals surface area contributed by atoms with Crippen molar-refractivity contribution < 1.29 is 23.1 Å². The Balaban J connectivity index is 1.26. The molecule has 5 rings (SSSR count). The van der Waals surface area contributed by atoms with Crippen molar-refractivity contribution in [3.63, 3.8) is 0 Å². The Morgan fingerprint density at radius 3 is 1.70 bits per heavy atom. The maximum atomic E-state index is 13.5. The summed E-state index contributed by atoms with van der Waals surface area (Å²) >= 11 is 0. The van der Waals surface area contributed by atoms with E-state index in [1.54, 1.807) is 60.7 Å². The van der Waals surface area contributed by atoms with Crippen molar-refractivity contribution in [1.29, 1.82) is 0 Å². The number of hydrogen-bond donors (Lipinski definition) is 3. The third-order valence-corrected chi connectivity index (χ3v) is 9.07. The Kier molecular flexibility index (Phi) is 10.6. The van der Waals surface area contributed by atoms with Crippen LogP contribution in [0.2, 0.25) is 0 Å². The number of aliphatic carboxylic acids is 1. The molecule has 2 atom stereocenters. The first-order valence-electron chi connectivity index (χ1n) is 15.1. The highest BCUT2D eigenvalue weighted by Crippen LogP contribution is 2.19. The largest absolute Gasteiger partial charge is 0.480 e. The molecule has 236 valence electrons. The van der Waals surface area contributed by atoms with Gasteiger partial charge in [-0.25, -0.2) is 13.2 Å². The van der Waals surface area contributed by atoms with Gasteiger partial charge in [0.1, 0.15) is 12.1 Å². The second kappa shape index (κ2) is 15.2. The summed E-state index contributed by atoms with van der Waals surface area (Å²) in [6.07, 6.45) is 0.0327. The van der Waals surface area contributed by atoms with Crippen LogP contribution >= 0.6 is 0 Å². The van der Waals surface area contributed by atoms with Crippen molar-refractivity contribution in [2.75, 3.05) is 0 Å². The van der Waals surface area contributed by atoms with Gasteiger partial charge in [0.15, 0.2) is 0 Å². The lowest BCUT2D eigenvalue weighted by atomic mass is 10.0. The molecule has 8 heteroatoms. The van der Waals surface area contributed by atoms with Gasteiger partial charge in [-0.15, -0.1) is 0 Å². The van der Waals surface area contributed by atoms with Gasteiger partial charge in [0, 0.05) is 17.5 Å². The van der Waals surface area contributed by atoms with Gasteiger partial charge in [0.25, 0.3) is 0 Å². The molecule has 0 unspecified atom stereocenters. The van der Waals surface area contributed by atoms with E-state index in [2.05, 4.69) is 34.0 Å². The fourth-order valence-corrected chi connectivity index (χ4v) is 6.16. The van der Waals surface area contributed by atoms with Crippen LogP contribution in [0.1, 0.15) is 27.8 Å². The van der Waals surface area contributed by atoms with Crippen molar-refractivity contribution in [3.8, 4) is 23.0 Å². The second-order valence-corrected chi connectivity index (χ2v) is 12.9.